The van der Waals surface area contributed by atoms with Gasteiger partial charge in [0, 0.05) is 11.2 Å². The summed E-state index contributed by atoms with van der Waals surface area (Å²) in [5.74, 6) is -1.35. The quantitative estimate of drug-likeness (QED) is 0.700. The van der Waals surface area contributed by atoms with Gasteiger partial charge >= 0.3 is 5.97 Å². The summed E-state index contributed by atoms with van der Waals surface area (Å²) in [6.45, 7) is 8.73. The van der Waals surface area contributed by atoms with E-state index < -0.39 is 23.5 Å². The summed E-state index contributed by atoms with van der Waals surface area (Å²) in [7, 11) is 0. The van der Waals surface area contributed by atoms with Crippen LogP contribution in [0.2, 0.25) is 0 Å². The Kier molecular flexibility index (Phi) is 7.20. The maximum Gasteiger partial charge on any atom is 0.325 e. The second kappa shape index (κ2) is 9.41. The summed E-state index contributed by atoms with van der Waals surface area (Å²) in [4.78, 5) is 42.2. The van der Waals surface area contributed by atoms with Gasteiger partial charge in [-0.15, -0.1) is 0 Å². The molecule has 0 unspecified atom stereocenters. The Balaban J connectivity index is 2.27. The van der Waals surface area contributed by atoms with E-state index in [-0.39, 0.29) is 19.1 Å². The van der Waals surface area contributed by atoms with Crippen LogP contribution in [0.3, 0.4) is 0 Å². The monoisotopic (exact) mass is 399 g/mol. The average molecular weight is 399 g/mol. The lowest BCUT2D eigenvalue weighted by atomic mass is 10.1. The van der Waals surface area contributed by atoms with E-state index in [0.29, 0.717) is 5.69 Å². The molecule has 0 saturated carbocycles. The van der Waals surface area contributed by atoms with Crippen molar-refractivity contribution in [2.45, 2.75) is 46.2 Å². The Labute approximate surface area is 171 Å². The predicted octanol–water partition coefficient (Wildman–Crippen LogP) is 2.99. The van der Waals surface area contributed by atoms with E-state index in [9.17, 15) is 14.4 Å². The molecule has 7 heteroatoms. The van der Waals surface area contributed by atoms with Crippen LogP contribution in [0.5, 0.6) is 0 Å². The Morgan fingerprint density at radius 1 is 1.10 bits per heavy atom. The van der Waals surface area contributed by atoms with Crippen molar-refractivity contribution in [1.29, 1.82) is 0 Å². The fourth-order valence-corrected chi connectivity index (χ4v) is 2.81. The molecular formula is C22H29N3O4. The number of hydrogen-bond donors (Lipinski definition) is 2. The first-order chi connectivity index (χ1) is 13.6. The lowest BCUT2D eigenvalue weighted by Gasteiger charge is -2.30. The number of H-pyrrole nitrogens is 1. The van der Waals surface area contributed by atoms with Gasteiger partial charge in [-0.2, -0.15) is 0 Å². The SMILES string of the molecule is CCOC(=O)CN(C(=O)c1ccc(-c2ccccc2)[nH]1)[C@H](C)C(=O)NC(C)(C)C. The van der Waals surface area contributed by atoms with Gasteiger partial charge in [-0.1, -0.05) is 30.3 Å². The van der Waals surface area contributed by atoms with Crippen LogP contribution < -0.4 is 5.32 Å². The van der Waals surface area contributed by atoms with Crippen molar-refractivity contribution in [3.8, 4) is 11.3 Å². The number of benzene rings is 1. The Hall–Kier alpha value is -3.09. The minimum absolute atomic E-state index is 0.199. The molecule has 1 aromatic heterocycles. The highest BCUT2D eigenvalue weighted by atomic mass is 16.5. The highest BCUT2D eigenvalue weighted by Gasteiger charge is 2.31. The third-order valence-corrected chi connectivity index (χ3v) is 4.21. The lowest BCUT2D eigenvalue weighted by Crippen LogP contribution is -2.54. The zero-order chi connectivity index (χ0) is 21.6. The second-order valence-electron chi connectivity index (χ2n) is 7.81. The number of amides is 2. The fourth-order valence-electron chi connectivity index (χ4n) is 2.81. The fraction of sp³-hybridized carbons (Fsp3) is 0.409. The Bertz CT molecular complexity index is 852. The number of nitrogens with zero attached hydrogens (tertiary/aromatic N) is 1. The molecular weight excluding hydrogens is 370 g/mol. The molecule has 0 spiro atoms. The number of nitrogens with one attached hydrogen (secondary N) is 2. The van der Waals surface area contributed by atoms with Crippen LogP contribution in [0, 0.1) is 0 Å². The van der Waals surface area contributed by atoms with Crippen molar-refractivity contribution >= 4 is 17.8 Å². The van der Waals surface area contributed by atoms with Gasteiger partial charge in [-0.05, 0) is 52.3 Å². The first-order valence-corrected chi connectivity index (χ1v) is 9.65. The number of esters is 1. The number of aromatic amines is 1. The van der Waals surface area contributed by atoms with Gasteiger partial charge in [0.25, 0.3) is 5.91 Å². The molecule has 0 bridgehead atoms. The van der Waals surface area contributed by atoms with Gasteiger partial charge in [0.05, 0.1) is 6.61 Å². The van der Waals surface area contributed by atoms with E-state index in [1.54, 1.807) is 26.0 Å². The third-order valence-electron chi connectivity index (χ3n) is 4.21. The molecule has 0 saturated heterocycles. The number of carbonyl (C=O) groups excluding carboxylic acids is 3. The lowest BCUT2D eigenvalue weighted by molar-refractivity contribution is -0.144. The third kappa shape index (κ3) is 6.20. The molecule has 2 aromatic rings. The highest BCUT2D eigenvalue weighted by Crippen LogP contribution is 2.19. The summed E-state index contributed by atoms with van der Waals surface area (Å²) < 4.78 is 4.99. The molecule has 29 heavy (non-hydrogen) atoms. The largest absolute Gasteiger partial charge is 0.465 e. The molecule has 2 amide bonds. The molecule has 1 heterocycles. The second-order valence-corrected chi connectivity index (χ2v) is 7.81. The van der Waals surface area contributed by atoms with Crippen LogP contribution in [0.1, 0.15) is 45.1 Å². The maximum atomic E-state index is 13.1. The first kappa shape index (κ1) is 22.2. The molecule has 0 aliphatic heterocycles. The molecule has 156 valence electrons. The molecule has 1 atom stereocenters. The molecule has 1 aromatic carbocycles. The molecule has 2 rings (SSSR count). The van der Waals surface area contributed by atoms with Crippen LogP contribution in [0.25, 0.3) is 11.3 Å². The van der Waals surface area contributed by atoms with Gasteiger partial charge in [-0.3, -0.25) is 14.4 Å². The van der Waals surface area contributed by atoms with Crippen LogP contribution in [-0.4, -0.2) is 52.4 Å². The summed E-state index contributed by atoms with van der Waals surface area (Å²) >= 11 is 0. The Morgan fingerprint density at radius 2 is 1.76 bits per heavy atom. The maximum absolute atomic E-state index is 13.1. The van der Waals surface area contributed by atoms with Gasteiger partial charge in [0.15, 0.2) is 0 Å². The van der Waals surface area contributed by atoms with E-state index in [0.717, 1.165) is 11.3 Å². The molecule has 7 nitrogen and oxygen atoms in total. The van der Waals surface area contributed by atoms with Crippen molar-refractivity contribution in [2.24, 2.45) is 0 Å². The summed E-state index contributed by atoms with van der Waals surface area (Å²) in [6, 6.07) is 12.2. The average Bonchev–Trinajstić information content (AvgIpc) is 3.15. The topological polar surface area (TPSA) is 91.5 Å². The van der Waals surface area contributed by atoms with E-state index in [1.165, 1.54) is 4.90 Å². The van der Waals surface area contributed by atoms with Crippen molar-refractivity contribution in [1.82, 2.24) is 15.2 Å². The van der Waals surface area contributed by atoms with Crippen molar-refractivity contribution < 1.29 is 19.1 Å². The smallest absolute Gasteiger partial charge is 0.325 e. The normalized spacial score (nSPS) is 12.2. The number of ether oxygens (including phenoxy) is 1. The van der Waals surface area contributed by atoms with E-state index in [2.05, 4.69) is 10.3 Å². The van der Waals surface area contributed by atoms with E-state index in [1.807, 2.05) is 51.1 Å². The van der Waals surface area contributed by atoms with Gasteiger partial charge in [0.1, 0.15) is 18.3 Å². The molecule has 2 N–H and O–H groups in total. The van der Waals surface area contributed by atoms with E-state index in [4.69, 9.17) is 4.74 Å². The number of carbonyl (C=O) groups is 3. The predicted molar refractivity (Wildman–Crippen MR) is 111 cm³/mol. The summed E-state index contributed by atoms with van der Waals surface area (Å²) in [5.41, 5.74) is 1.54. The minimum Gasteiger partial charge on any atom is -0.465 e. The van der Waals surface area contributed by atoms with Gasteiger partial charge in [-0.25, -0.2) is 0 Å². The van der Waals surface area contributed by atoms with Crippen molar-refractivity contribution in [3.05, 3.63) is 48.2 Å². The zero-order valence-electron chi connectivity index (χ0n) is 17.6. The van der Waals surface area contributed by atoms with Crippen LogP contribution in [0.4, 0.5) is 0 Å². The van der Waals surface area contributed by atoms with Crippen LogP contribution >= 0.6 is 0 Å². The molecule has 0 aliphatic carbocycles. The standard InChI is InChI=1S/C22H29N3O4/c1-6-29-19(26)14-25(15(2)20(27)24-22(3,4)5)21(28)18-13-12-17(23-18)16-10-8-7-9-11-16/h7-13,15,23H,6,14H2,1-5H3,(H,24,27)/t15-/m1/s1. The number of aromatic nitrogens is 1. The molecule has 0 fully saturated rings. The van der Waals surface area contributed by atoms with Crippen molar-refractivity contribution in [3.63, 3.8) is 0 Å². The van der Waals surface area contributed by atoms with Gasteiger partial charge < -0.3 is 19.9 Å². The van der Waals surface area contributed by atoms with Gasteiger partial charge in [0.2, 0.25) is 5.91 Å². The van der Waals surface area contributed by atoms with Crippen LogP contribution in [0.15, 0.2) is 42.5 Å². The summed E-state index contributed by atoms with van der Waals surface area (Å²) in [6.07, 6.45) is 0. The number of rotatable bonds is 7. The number of hydrogen-bond acceptors (Lipinski definition) is 4. The van der Waals surface area contributed by atoms with Crippen LogP contribution in [-0.2, 0) is 14.3 Å². The minimum atomic E-state index is -0.852. The molecule has 0 aliphatic rings. The zero-order valence-corrected chi connectivity index (χ0v) is 17.6. The van der Waals surface area contributed by atoms with Crippen molar-refractivity contribution in [2.75, 3.05) is 13.2 Å². The first-order valence-electron chi connectivity index (χ1n) is 9.65. The Morgan fingerprint density at radius 3 is 2.34 bits per heavy atom. The van der Waals surface area contributed by atoms with E-state index >= 15 is 0 Å². The highest BCUT2D eigenvalue weighted by molar-refractivity contribution is 5.98. The molecule has 0 radical (unpaired) electrons. The summed E-state index contributed by atoms with van der Waals surface area (Å²) in [5, 5.41) is 2.85.